The van der Waals surface area contributed by atoms with E-state index in [2.05, 4.69) is 20.8 Å². The molecule has 0 atom stereocenters. The van der Waals surface area contributed by atoms with Gasteiger partial charge in [0.1, 0.15) is 6.61 Å². The van der Waals surface area contributed by atoms with Crippen molar-refractivity contribution in [2.45, 2.75) is 20.8 Å². The van der Waals surface area contributed by atoms with E-state index in [-0.39, 0.29) is 18.0 Å². The molecule has 0 saturated carbocycles. The number of rotatable bonds is 6. The zero-order valence-corrected chi connectivity index (χ0v) is 11.9. The van der Waals surface area contributed by atoms with Gasteiger partial charge in [0, 0.05) is 6.08 Å². The quantitative estimate of drug-likeness (QED) is 0.448. The molecule has 0 fully saturated rings. The summed E-state index contributed by atoms with van der Waals surface area (Å²) < 4.78 is 10.4. The molecule has 0 aliphatic heterocycles. The Hall–Kier alpha value is -1.61. The molecule has 0 aliphatic carbocycles. The van der Waals surface area contributed by atoms with Gasteiger partial charge in [0.2, 0.25) is 0 Å². The van der Waals surface area contributed by atoms with E-state index in [4.69, 9.17) is 9.47 Å². The van der Waals surface area contributed by atoms with Crippen molar-refractivity contribution in [1.82, 2.24) is 0 Å². The molecule has 1 aromatic rings. The van der Waals surface area contributed by atoms with Crippen LogP contribution in [0.5, 0.6) is 0 Å². The third-order valence-corrected chi connectivity index (χ3v) is 2.22. The van der Waals surface area contributed by atoms with Crippen LogP contribution in [0.4, 0.5) is 0 Å². The Balaban J connectivity index is 2.17. The Morgan fingerprint density at radius 1 is 1.16 bits per heavy atom. The summed E-state index contributed by atoms with van der Waals surface area (Å²) in [6.45, 7) is 7.67. The highest BCUT2D eigenvalue weighted by Crippen LogP contribution is 2.12. The summed E-state index contributed by atoms with van der Waals surface area (Å²) in [7, 11) is 0. The molecule has 1 rings (SSSR count). The first-order chi connectivity index (χ1) is 8.97. The van der Waals surface area contributed by atoms with Crippen molar-refractivity contribution in [3.63, 3.8) is 0 Å². The highest BCUT2D eigenvalue weighted by molar-refractivity contribution is 5.86. The van der Waals surface area contributed by atoms with Crippen LogP contribution >= 0.6 is 0 Å². The fourth-order valence-corrected chi connectivity index (χ4v) is 1.36. The average molecular weight is 262 g/mol. The summed E-state index contributed by atoms with van der Waals surface area (Å²) >= 11 is 0. The van der Waals surface area contributed by atoms with Crippen molar-refractivity contribution in [1.29, 1.82) is 0 Å². The molecular formula is C16H22O3. The van der Waals surface area contributed by atoms with Gasteiger partial charge in [0.25, 0.3) is 0 Å². The molecule has 0 bridgehead atoms. The van der Waals surface area contributed by atoms with E-state index in [1.54, 1.807) is 6.08 Å². The highest BCUT2D eigenvalue weighted by Gasteiger charge is 2.09. The molecular weight excluding hydrogens is 240 g/mol. The predicted molar refractivity (Wildman–Crippen MR) is 76.7 cm³/mol. The molecule has 0 saturated heterocycles. The summed E-state index contributed by atoms with van der Waals surface area (Å²) in [6, 6.07) is 9.63. The second-order valence-electron chi connectivity index (χ2n) is 5.52. The molecule has 19 heavy (non-hydrogen) atoms. The minimum absolute atomic E-state index is 0.136. The van der Waals surface area contributed by atoms with E-state index in [1.165, 1.54) is 6.08 Å². The molecule has 3 heteroatoms. The van der Waals surface area contributed by atoms with Crippen LogP contribution in [0.1, 0.15) is 26.3 Å². The number of carbonyl (C=O) groups excluding carboxylic acids is 1. The largest absolute Gasteiger partial charge is 0.460 e. The zero-order chi connectivity index (χ0) is 14.1. The minimum atomic E-state index is -0.344. The Labute approximate surface area is 115 Å². The van der Waals surface area contributed by atoms with E-state index in [1.807, 2.05) is 30.3 Å². The fourth-order valence-electron chi connectivity index (χ4n) is 1.36. The number of ether oxygens (including phenoxy) is 2. The number of esters is 1. The van der Waals surface area contributed by atoms with E-state index in [9.17, 15) is 4.79 Å². The maximum atomic E-state index is 11.4. The molecule has 0 amide bonds. The zero-order valence-electron chi connectivity index (χ0n) is 11.9. The minimum Gasteiger partial charge on any atom is -0.460 e. The van der Waals surface area contributed by atoms with Crippen LogP contribution in [-0.4, -0.2) is 25.8 Å². The lowest BCUT2D eigenvalue weighted by Crippen LogP contribution is -2.17. The molecule has 1 aromatic carbocycles. The maximum absolute atomic E-state index is 11.4. The number of benzene rings is 1. The normalized spacial score (nSPS) is 11.7. The van der Waals surface area contributed by atoms with Gasteiger partial charge in [-0.3, -0.25) is 0 Å². The van der Waals surface area contributed by atoms with E-state index < -0.39 is 0 Å². The smallest absolute Gasteiger partial charge is 0.330 e. The van der Waals surface area contributed by atoms with Crippen molar-refractivity contribution in [2.24, 2.45) is 5.41 Å². The van der Waals surface area contributed by atoms with Crippen molar-refractivity contribution < 1.29 is 14.3 Å². The molecule has 0 heterocycles. The highest BCUT2D eigenvalue weighted by atomic mass is 16.6. The third-order valence-electron chi connectivity index (χ3n) is 2.22. The van der Waals surface area contributed by atoms with Gasteiger partial charge in [-0.2, -0.15) is 0 Å². The van der Waals surface area contributed by atoms with Crippen molar-refractivity contribution in [3.8, 4) is 0 Å². The number of carbonyl (C=O) groups is 1. The Morgan fingerprint density at radius 3 is 2.47 bits per heavy atom. The van der Waals surface area contributed by atoms with E-state index >= 15 is 0 Å². The molecule has 104 valence electrons. The first kappa shape index (κ1) is 15.4. The lowest BCUT2D eigenvalue weighted by atomic mass is 9.99. The van der Waals surface area contributed by atoms with Crippen molar-refractivity contribution >= 4 is 12.0 Å². The van der Waals surface area contributed by atoms with Gasteiger partial charge in [0.15, 0.2) is 0 Å². The topological polar surface area (TPSA) is 35.5 Å². The van der Waals surface area contributed by atoms with Crippen molar-refractivity contribution in [3.05, 3.63) is 42.0 Å². The predicted octanol–water partition coefficient (Wildman–Crippen LogP) is 3.31. The Bertz CT molecular complexity index is 402. The van der Waals surface area contributed by atoms with Crippen LogP contribution in [0, 0.1) is 5.41 Å². The fraction of sp³-hybridized carbons (Fsp3) is 0.438. The third kappa shape index (κ3) is 8.16. The van der Waals surface area contributed by atoms with Gasteiger partial charge < -0.3 is 9.47 Å². The molecule has 0 aromatic heterocycles. The van der Waals surface area contributed by atoms with Gasteiger partial charge >= 0.3 is 5.97 Å². The lowest BCUT2D eigenvalue weighted by Gasteiger charge is -2.17. The van der Waals surface area contributed by atoms with E-state index in [0.29, 0.717) is 13.2 Å². The van der Waals surface area contributed by atoms with Crippen LogP contribution in [0.2, 0.25) is 0 Å². The summed E-state index contributed by atoms with van der Waals surface area (Å²) in [5.41, 5.74) is 1.11. The van der Waals surface area contributed by atoms with Crippen LogP contribution in [0.15, 0.2) is 36.4 Å². The maximum Gasteiger partial charge on any atom is 0.330 e. The monoisotopic (exact) mass is 262 g/mol. The Kier molecular flexibility index (Phi) is 6.30. The summed E-state index contributed by atoms with van der Waals surface area (Å²) in [5, 5.41) is 0. The second kappa shape index (κ2) is 7.74. The molecule has 0 N–H and O–H groups in total. The number of hydrogen-bond donors (Lipinski definition) is 0. The number of hydrogen-bond acceptors (Lipinski definition) is 3. The van der Waals surface area contributed by atoms with Crippen LogP contribution in [-0.2, 0) is 14.3 Å². The molecule has 3 nitrogen and oxygen atoms in total. The van der Waals surface area contributed by atoms with Crippen LogP contribution in [0.25, 0.3) is 6.08 Å². The molecule has 0 radical (unpaired) electrons. The standard InChI is InChI=1S/C16H22O3/c1-16(2,3)13-18-11-12-19-15(17)10-9-14-7-5-4-6-8-14/h4-10H,11-13H2,1-3H3/b10-9+. The van der Waals surface area contributed by atoms with E-state index in [0.717, 1.165) is 5.56 Å². The van der Waals surface area contributed by atoms with Gasteiger partial charge in [-0.15, -0.1) is 0 Å². The van der Waals surface area contributed by atoms with Crippen LogP contribution in [0.3, 0.4) is 0 Å². The average Bonchev–Trinajstić information content (AvgIpc) is 2.36. The van der Waals surface area contributed by atoms with Crippen LogP contribution < -0.4 is 0 Å². The van der Waals surface area contributed by atoms with Gasteiger partial charge in [-0.05, 0) is 17.1 Å². The summed E-state index contributed by atoms with van der Waals surface area (Å²) in [6.07, 6.45) is 3.16. The SMILES string of the molecule is CC(C)(C)COCCOC(=O)/C=C/c1ccccc1. The summed E-state index contributed by atoms with van der Waals surface area (Å²) in [4.78, 5) is 11.4. The van der Waals surface area contributed by atoms with Gasteiger partial charge in [-0.1, -0.05) is 51.1 Å². The van der Waals surface area contributed by atoms with Crippen molar-refractivity contribution in [2.75, 3.05) is 19.8 Å². The first-order valence-corrected chi connectivity index (χ1v) is 6.45. The molecule has 0 spiro atoms. The van der Waals surface area contributed by atoms with Gasteiger partial charge in [0.05, 0.1) is 13.2 Å². The molecule has 0 aliphatic rings. The summed E-state index contributed by atoms with van der Waals surface area (Å²) in [5.74, 6) is -0.344. The molecule has 0 unspecified atom stereocenters. The lowest BCUT2D eigenvalue weighted by molar-refractivity contribution is -0.139. The second-order valence-corrected chi connectivity index (χ2v) is 5.52. The van der Waals surface area contributed by atoms with Gasteiger partial charge in [-0.25, -0.2) is 4.79 Å². The first-order valence-electron chi connectivity index (χ1n) is 6.45. The Morgan fingerprint density at radius 2 is 1.84 bits per heavy atom.